The van der Waals surface area contributed by atoms with Gasteiger partial charge in [0.25, 0.3) is 0 Å². The second-order valence-electron chi connectivity index (χ2n) is 27.3. The molecule has 1 saturated carbocycles. The number of rotatable bonds is 22. The van der Waals surface area contributed by atoms with Gasteiger partial charge in [0.1, 0.15) is 43.7 Å². The molecule has 6 rings (SSSR count). The first-order chi connectivity index (χ1) is 41.7. The fourth-order valence-corrected chi connectivity index (χ4v) is 14.3. The fraction of sp³-hybridized carbons (Fsp3) is 0.828. The van der Waals surface area contributed by atoms with Crippen molar-refractivity contribution >= 4 is 39.6 Å². The van der Waals surface area contributed by atoms with Crippen molar-refractivity contribution in [1.82, 2.24) is 14.9 Å². The lowest BCUT2D eigenvalue weighted by molar-refractivity contribution is -0.305. The van der Waals surface area contributed by atoms with E-state index >= 15 is 9.59 Å². The van der Waals surface area contributed by atoms with E-state index in [4.69, 9.17) is 56.9 Å². The van der Waals surface area contributed by atoms with E-state index in [1.807, 2.05) is 27.7 Å². The third-order valence-electron chi connectivity index (χ3n) is 18.1. The van der Waals surface area contributed by atoms with E-state index in [9.17, 15) is 28.2 Å². The summed E-state index contributed by atoms with van der Waals surface area (Å²) < 4.78 is 100. The van der Waals surface area contributed by atoms with Gasteiger partial charge in [0.2, 0.25) is 10.0 Å². The number of cyclic esters (lactones) is 1. The summed E-state index contributed by atoms with van der Waals surface area (Å²) >= 11 is 0. The van der Waals surface area contributed by atoms with Gasteiger partial charge in [-0.15, -0.1) is 0 Å². The van der Waals surface area contributed by atoms with E-state index < -0.39 is 160 Å². The maximum atomic E-state index is 16.1. The Labute approximate surface area is 528 Å². The number of alkyl carbamates (subject to hydrolysis) is 1. The van der Waals surface area contributed by atoms with Crippen molar-refractivity contribution in [2.75, 3.05) is 47.6 Å². The van der Waals surface area contributed by atoms with E-state index in [2.05, 4.69) is 27.0 Å². The van der Waals surface area contributed by atoms with E-state index in [0.29, 0.717) is 18.9 Å². The molecule has 4 heterocycles. The van der Waals surface area contributed by atoms with Gasteiger partial charge in [-0.3, -0.25) is 19.3 Å². The van der Waals surface area contributed by atoms with E-state index in [0.717, 1.165) is 19.4 Å². The highest BCUT2D eigenvalue weighted by molar-refractivity contribution is 7.89. The van der Waals surface area contributed by atoms with Crippen LogP contribution in [-0.4, -0.2) is 204 Å². The van der Waals surface area contributed by atoms with Crippen LogP contribution in [0.25, 0.3) is 0 Å². The first-order valence-corrected chi connectivity index (χ1v) is 33.4. The predicted molar refractivity (Wildman–Crippen MR) is 327 cm³/mol. The number of carbonyl (C=O) groups excluding carboxylic acids is 4. The number of Topliss-reactive ketones (excluding diaryl/α,β-unsaturated/α-hetero) is 1. The molecule has 5 aliphatic rings. The Morgan fingerprint density at radius 1 is 0.831 bits per heavy atom. The third-order valence-corrected chi connectivity index (χ3v) is 19.5. The summed E-state index contributed by atoms with van der Waals surface area (Å²) in [6, 6.07) is 7.77. The summed E-state index contributed by atoms with van der Waals surface area (Å²) in [5.41, 5.74) is -3.18. The highest BCUT2D eigenvalue weighted by atomic mass is 32.2. The average Bonchev–Trinajstić information content (AvgIpc) is 2.67. The van der Waals surface area contributed by atoms with E-state index in [1.165, 1.54) is 40.4 Å². The number of sulfonamides is 1. The monoisotopic (exact) mass is 1280 g/mol. The summed E-state index contributed by atoms with van der Waals surface area (Å²) in [5.74, 6) is -7.45. The molecule has 0 bridgehead atoms. The van der Waals surface area contributed by atoms with E-state index in [1.54, 1.807) is 80.5 Å². The van der Waals surface area contributed by atoms with Gasteiger partial charge in [-0.05, 0) is 105 Å². The molecule has 4 N–H and O–H groups in total. The number of ketones is 1. The Morgan fingerprint density at radius 2 is 1.49 bits per heavy atom. The van der Waals surface area contributed by atoms with Crippen molar-refractivity contribution in [3.05, 3.63) is 30.3 Å². The zero-order valence-corrected chi connectivity index (χ0v) is 56.6. The number of oxime groups is 1. The lowest BCUT2D eigenvalue weighted by Crippen LogP contribution is -2.59. The van der Waals surface area contributed by atoms with Gasteiger partial charge >= 0.3 is 18.0 Å². The molecule has 1 aliphatic carbocycles. The molecule has 4 aliphatic heterocycles. The smallest absolute Gasteiger partial charge is 0.408 e. The number of hydrogen-bond acceptors (Lipinski definition) is 22. The van der Waals surface area contributed by atoms with Gasteiger partial charge in [-0.25, -0.2) is 17.9 Å². The predicted octanol–water partition coefficient (Wildman–Crippen LogP) is 6.54. The standard InChI is InChI=1S/C64H106N4O20S/c1-34(2)26-48(69)84-54-41(9)53(36(4)32-80-61-57(78-17)56(77-16)50(70)44(12)83-61)86-59(73)43(11)55(85-49-27-37(5)68(30-39(7)81-49)31-45-24-25-45)40(8)52(87-60-51(71)47(67-79-18)28-38(6)82-60)35(3)29-64(15,58(72)42(54)10)88-62(74)66-63(13,14)33-65-89(75,76)46-22-20-19-21-23-46/h19-23,34-45,49-57,60-61,65,70-71H,24-33H2,1-18H3,(H,66,74)/b67-47+/t35-,36?,37?,38+,39-,40+,41-,42+,43+,44+,49-,50+,51+,52-,53+,54+,55-,56+,57+,60-,61+,64-/m0/s1. The van der Waals surface area contributed by atoms with Crippen LogP contribution in [0.5, 0.6) is 0 Å². The molecule has 25 heteroatoms. The number of hydrogen-bond donors (Lipinski definition) is 4. The molecule has 24 nitrogen and oxygen atoms in total. The maximum absolute atomic E-state index is 16.1. The summed E-state index contributed by atoms with van der Waals surface area (Å²) in [6.07, 6.45) is -12.2. The van der Waals surface area contributed by atoms with Crippen LogP contribution < -0.4 is 10.0 Å². The van der Waals surface area contributed by atoms with Crippen molar-refractivity contribution < 1.29 is 94.8 Å². The number of nitrogens with zero attached hydrogens (tertiary/aromatic N) is 2. The van der Waals surface area contributed by atoms with Crippen LogP contribution in [0.3, 0.4) is 0 Å². The molecule has 1 aromatic carbocycles. The second kappa shape index (κ2) is 32.3. The first-order valence-electron chi connectivity index (χ1n) is 31.9. The Kier molecular flexibility index (Phi) is 26.8. The van der Waals surface area contributed by atoms with Crippen LogP contribution in [-0.2, 0) is 81.3 Å². The summed E-state index contributed by atoms with van der Waals surface area (Å²) in [6.45, 7) is 27.5. The quantitative estimate of drug-likeness (QED) is 0.0544. The van der Waals surface area contributed by atoms with Gasteiger partial charge in [0.05, 0.1) is 65.1 Å². The number of ether oxygens (including phenoxy) is 11. The fourth-order valence-electron chi connectivity index (χ4n) is 13.0. The first kappa shape index (κ1) is 74.1. The zero-order valence-electron chi connectivity index (χ0n) is 55.8. The Morgan fingerprint density at radius 3 is 2.11 bits per heavy atom. The molecule has 0 radical (unpaired) electrons. The van der Waals surface area contributed by atoms with Gasteiger partial charge < -0.3 is 72.5 Å². The number of carbonyl (C=O) groups is 4. The van der Waals surface area contributed by atoms with Crippen molar-refractivity contribution in [2.24, 2.45) is 52.5 Å². The van der Waals surface area contributed by atoms with Crippen LogP contribution in [0.1, 0.15) is 142 Å². The van der Waals surface area contributed by atoms with Crippen LogP contribution in [0.2, 0.25) is 0 Å². The minimum Gasteiger partial charge on any atom is -0.461 e. The van der Waals surface area contributed by atoms with Gasteiger partial charge in [0, 0.05) is 76.9 Å². The molecule has 2 unspecified atom stereocenters. The highest BCUT2D eigenvalue weighted by Crippen LogP contribution is 2.41. The van der Waals surface area contributed by atoms with Crippen LogP contribution in [0.15, 0.2) is 40.4 Å². The SMILES string of the molecule is CO/N=C1\C[C@@H](C)O[C@@H](O[C@@H]2[C@@H](C)[C@H](O[C@H]3CC(C)N(CC4CC4)C[C@H](C)O3)[C@@H](C)C(=O)O[C@H](C(C)CO[C@@H]3O[C@H](C)[C@@H](O)[C@@H](OC)[C@H]3OC)[C@H](C)[C@@H](OC(=O)CC(C)C)[C@@H](C)C(=O)[C@@](C)(OC(=O)NC(C)(C)CNS(=O)(=O)c3ccccc3)C[C@@H]2C)[C@@H]1O. The number of aliphatic hydroxyl groups is 2. The molecular weight excluding hydrogens is 1180 g/mol. The van der Waals surface area contributed by atoms with Gasteiger partial charge in [-0.2, -0.15) is 0 Å². The molecule has 5 fully saturated rings. The summed E-state index contributed by atoms with van der Waals surface area (Å²) in [5, 5.41) is 29.9. The number of methoxy groups -OCH3 is 2. The number of aliphatic hydroxyl groups excluding tert-OH is 2. The van der Waals surface area contributed by atoms with Crippen LogP contribution in [0, 0.1) is 47.3 Å². The number of nitrogens with one attached hydrogen (secondary N) is 2. The Balaban J connectivity index is 1.50. The molecular formula is C64H106N4O20S. The minimum absolute atomic E-state index is 0.0155. The molecule has 22 atom stereocenters. The van der Waals surface area contributed by atoms with Crippen molar-refractivity contribution in [3.63, 3.8) is 0 Å². The van der Waals surface area contributed by atoms with Crippen molar-refractivity contribution in [2.45, 2.75) is 250 Å². The van der Waals surface area contributed by atoms with Crippen molar-refractivity contribution in [1.29, 1.82) is 0 Å². The molecule has 0 aromatic heterocycles. The van der Waals surface area contributed by atoms with Crippen molar-refractivity contribution in [3.8, 4) is 0 Å². The summed E-state index contributed by atoms with van der Waals surface area (Å²) in [7, 11) is 0.220. The zero-order chi connectivity index (χ0) is 66.0. The third kappa shape index (κ3) is 19.8. The molecule has 1 amide bonds. The second-order valence-corrected chi connectivity index (χ2v) is 29.0. The Hall–Kier alpha value is -3.96. The van der Waals surface area contributed by atoms with Crippen LogP contribution in [0.4, 0.5) is 4.79 Å². The molecule has 0 spiro atoms. The number of esters is 2. The molecule has 89 heavy (non-hydrogen) atoms. The normalized spacial score (nSPS) is 37.6. The summed E-state index contributed by atoms with van der Waals surface area (Å²) in [4.78, 5) is 68.2. The highest BCUT2D eigenvalue weighted by Gasteiger charge is 2.53. The average molecular weight is 1280 g/mol. The lowest BCUT2D eigenvalue weighted by atomic mass is 9.74. The molecule has 1 aromatic rings. The number of amides is 1. The minimum atomic E-state index is -4.03. The largest absolute Gasteiger partial charge is 0.461 e. The molecule has 4 saturated heterocycles. The van der Waals surface area contributed by atoms with E-state index in [-0.39, 0.29) is 61.1 Å². The van der Waals surface area contributed by atoms with Gasteiger partial charge in [0.15, 0.2) is 30.3 Å². The topological polar surface area (TPSA) is 293 Å². The molecule has 508 valence electrons. The van der Waals surface area contributed by atoms with Crippen LogP contribution >= 0.6 is 0 Å². The van der Waals surface area contributed by atoms with Gasteiger partial charge in [-0.1, -0.05) is 71.8 Å². The Bertz CT molecular complexity index is 2600. The number of benzene rings is 1. The maximum Gasteiger partial charge on any atom is 0.408 e. The lowest BCUT2D eigenvalue weighted by Gasteiger charge is -2.45.